The Labute approximate surface area is 110 Å². The SMILES string of the molecule is CCOc1ncc(NC(=O)C(C)(C)Br)cc1C. The summed E-state index contributed by atoms with van der Waals surface area (Å²) in [5.41, 5.74) is 1.57. The Hall–Kier alpha value is -1.10. The zero-order chi connectivity index (χ0) is 13.1. The van der Waals surface area contributed by atoms with Crippen LogP contribution in [0.1, 0.15) is 26.3 Å². The maximum atomic E-state index is 11.7. The van der Waals surface area contributed by atoms with Gasteiger partial charge >= 0.3 is 0 Å². The first-order valence-electron chi connectivity index (χ1n) is 5.44. The summed E-state index contributed by atoms with van der Waals surface area (Å²) in [6, 6.07) is 1.84. The fraction of sp³-hybridized carbons (Fsp3) is 0.500. The number of halogens is 1. The molecule has 1 rings (SSSR count). The molecule has 0 spiro atoms. The molecule has 1 aromatic rings. The van der Waals surface area contributed by atoms with Crippen LogP contribution in [0.2, 0.25) is 0 Å². The number of nitrogens with one attached hydrogen (secondary N) is 1. The van der Waals surface area contributed by atoms with E-state index in [0.717, 1.165) is 5.56 Å². The number of hydrogen-bond acceptors (Lipinski definition) is 3. The van der Waals surface area contributed by atoms with E-state index in [-0.39, 0.29) is 5.91 Å². The Balaban J connectivity index is 2.81. The largest absolute Gasteiger partial charge is 0.478 e. The summed E-state index contributed by atoms with van der Waals surface area (Å²) in [5.74, 6) is 0.492. The third-order valence-electron chi connectivity index (χ3n) is 2.11. The van der Waals surface area contributed by atoms with Crippen LogP contribution >= 0.6 is 15.9 Å². The van der Waals surface area contributed by atoms with Gasteiger partial charge in [0.2, 0.25) is 11.8 Å². The number of hydrogen-bond donors (Lipinski definition) is 1. The van der Waals surface area contributed by atoms with Gasteiger partial charge in [0.05, 0.1) is 22.8 Å². The van der Waals surface area contributed by atoms with Crippen LogP contribution in [0.15, 0.2) is 12.3 Å². The first-order valence-corrected chi connectivity index (χ1v) is 6.23. The second-order valence-corrected chi connectivity index (χ2v) is 6.19. The van der Waals surface area contributed by atoms with Gasteiger partial charge in [0.25, 0.3) is 0 Å². The summed E-state index contributed by atoms with van der Waals surface area (Å²) in [6.07, 6.45) is 1.59. The molecule has 0 aliphatic rings. The highest BCUT2D eigenvalue weighted by atomic mass is 79.9. The second kappa shape index (κ2) is 5.49. The molecule has 0 unspecified atom stereocenters. The van der Waals surface area contributed by atoms with Crippen molar-refractivity contribution in [2.45, 2.75) is 32.0 Å². The predicted molar refractivity (Wildman–Crippen MR) is 71.8 cm³/mol. The van der Waals surface area contributed by atoms with Crippen LogP contribution in [0.5, 0.6) is 5.88 Å². The third kappa shape index (κ3) is 4.00. The summed E-state index contributed by atoms with van der Waals surface area (Å²) in [4.78, 5) is 15.9. The number of aromatic nitrogens is 1. The molecule has 1 aromatic heterocycles. The number of pyridine rings is 1. The Morgan fingerprint density at radius 2 is 2.24 bits per heavy atom. The van der Waals surface area contributed by atoms with Crippen LogP contribution in [0.3, 0.4) is 0 Å². The molecule has 0 aliphatic heterocycles. The highest BCUT2D eigenvalue weighted by molar-refractivity contribution is 9.10. The lowest BCUT2D eigenvalue weighted by atomic mass is 10.2. The molecule has 1 N–H and O–H groups in total. The lowest BCUT2D eigenvalue weighted by Gasteiger charge is -2.16. The predicted octanol–water partition coefficient (Wildman–Crippen LogP) is 2.90. The lowest BCUT2D eigenvalue weighted by Crippen LogP contribution is -2.31. The van der Waals surface area contributed by atoms with E-state index >= 15 is 0 Å². The van der Waals surface area contributed by atoms with Gasteiger partial charge in [-0.05, 0) is 33.8 Å². The summed E-state index contributed by atoms with van der Waals surface area (Å²) >= 11 is 3.30. The highest BCUT2D eigenvalue weighted by Gasteiger charge is 2.23. The van der Waals surface area contributed by atoms with Crippen molar-refractivity contribution < 1.29 is 9.53 Å². The van der Waals surface area contributed by atoms with Gasteiger partial charge in [-0.1, -0.05) is 15.9 Å². The van der Waals surface area contributed by atoms with Crippen molar-refractivity contribution in [1.82, 2.24) is 4.98 Å². The molecule has 0 saturated carbocycles. The normalized spacial score (nSPS) is 11.1. The van der Waals surface area contributed by atoms with Crippen LogP contribution in [-0.2, 0) is 4.79 Å². The number of nitrogens with zero attached hydrogens (tertiary/aromatic N) is 1. The minimum atomic E-state index is -0.598. The number of aryl methyl sites for hydroxylation is 1. The third-order valence-corrected chi connectivity index (χ3v) is 2.47. The fourth-order valence-corrected chi connectivity index (χ4v) is 1.30. The smallest absolute Gasteiger partial charge is 0.240 e. The van der Waals surface area contributed by atoms with E-state index in [1.54, 1.807) is 20.0 Å². The molecular weight excluding hydrogens is 284 g/mol. The van der Waals surface area contributed by atoms with Gasteiger partial charge in [-0.15, -0.1) is 0 Å². The van der Waals surface area contributed by atoms with Crippen molar-refractivity contribution in [2.24, 2.45) is 0 Å². The van der Waals surface area contributed by atoms with Gasteiger partial charge in [-0.25, -0.2) is 4.98 Å². The fourth-order valence-electron chi connectivity index (χ4n) is 1.20. The standard InChI is InChI=1S/C12H17BrN2O2/c1-5-17-10-8(2)6-9(7-14-10)15-11(16)12(3,4)13/h6-7H,5H2,1-4H3,(H,15,16). The Kier molecular flexibility index (Phi) is 4.51. The molecule has 0 fully saturated rings. The highest BCUT2D eigenvalue weighted by Crippen LogP contribution is 2.21. The van der Waals surface area contributed by atoms with Gasteiger partial charge in [-0.3, -0.25) is 4.79 Å². The molecule has 1 amide bonds. The van der Waals surface area contributed by atoms with Gasteiger partial charge in [0.15, 0.2) is 0 Å². The Bertz CT molecular complexity index is 413. The summed E-state index contributed by atoms with van der Waals surface area (Å²) in [6.45, 7) is 7.96. The molecule has 5 heteroatoms. The summed E-state index contributed by atoms with van der Waals surface area (Å²) < 4.78 is 4.73. The van der Waals surface area contributed by atoms with Gasteiger partial charge < -0.3 is 10.1 Å². The van der Waals surface area contributed by atoms with Crippen LogP contribution in [0.25, 0.3) is 0 Å². The molecular formula is C12H17BrN2O2. The van der Waals surface area contributed by atoms with Gasteiger partial charge in [-0.2, -0.15) is 0 Å². The molecule has 1 heterocycles. The molecule has 4 nitrogen and oxygen atoms in total. The van der Waals surface area contributed by atoms with Crippen LogP contribution in [0, 0.1) is 6.92 Å². The summed E-state index contributed by atoms with van der Waals surface area (Å²) in [5, 5.41) is 2.79. The van der Waals surface area contributed by atoms with Crippen molar-refractivity contribution in [3.8, 4) is 5.88 Å². The minimum Gasteiger partial charge on any atom is -0.478 e. The van der Waals surface area contributed by atoms with E-state index in [0.29, 0.717) is 18.2 Å². The average Bonchev–Trinajstić information content (AvgIpc) is 2.21. The maximum absolute atomic E-state index is 11.7. The van der Waals surface area contributed by atoms with E-state index in [2.05, 4.69) is 26.2 Å². The quantitative estimate of drug-likeness (QED) is 0.870. The first-order chi connectivity index (χ1) is 7.84. The van der Waals surface area contributed by atoms with E-state index in [1.165, 1.54) is 0 Å². The van der Waals surface area contributed by atoms with Crippen molar-refractivity contribution in [2.75, 3.05) is 11.9 Å². The molecule has 94 valence electrons. The lowest BCUT2D eigenvalue weighted by molar-refractivity contribution is -0.117. The van der Waals surface area contributed by atoms with Crippen LogP contribution in [0.4, 0.5) is 5.69 Å². The van der Waals surface area contributed by atoms with Crippen LogP contribution in [-0.4, -0.2) is 21.8 Å². The maximum Gasteiger partial charge on any atom is 0.240 e. The summed E-state index contributed by atoms with van der Waals surface area (Å²) in [7, 11) is 0. The van der Waals surface area contributed by atoms with Crippen molar-refractivity contribution >= 4 is 27.5 Å². The van der Waals surface area contributed by atoms with Crippen molar-refractivity contribution in [3.63, 3.8) is 0 Å². The number of anilines is 1. The number of rotatable bonds is 4. The topological polar surface area (TPSA) is 51.2 Å². The number of amides is 1. The zero-order valence-electron chi connectivity index (χ0n) is 10.5. The Morgan fingerprint density at radius 3 is 2.71 bits per heavy atom. The molecule has 0 atom stereocenters. The molecule has 17 heavy (non-hydrogen) atoms. The number of ether oxygens (including phenoxy) is 1. The van der Waals surface area contributed by atoms with Gasteiger partial charge in [0, 0.05) is 5.56 Å². The van der Waals surface area contributed by atoms with E-state index in [4.69, 9.17) is 4.74 Å². The molecule has 0 bridgehead atoms. The number of alkyl halides is 1. The number of carbonyl (C=O) groups is 1. The zero-order valence-corrected chi connectivity index (χ0v) is 12.1. The monoisotopic (exact) mass is 300 g/mol. The van der Waals surface area contributed by atoms with Gasteiger partial charge in [0.1, 0.15) is 0 Å². The van der Waals surface area contributed by atoms with E-state index in [1.807, 2.05) is 19.9 Å². The van der Waals surface area contributed by atoms with E-state index in [9.17, 15) is 4.79 Å². The molecule has 0 aliphatic carbocycles. The molecule has 0 radical (unpaired) electrons. The average molecular weight is 301 g/mol. The molecule has 0 saturated heterocycles. The van der Waals surface area contributed by atoms with Crippen molar-refractivity contribution in [1.29, 1.82) is 0 Å². The second-order valence-electron chi connectivity index (χ2n) is 4.21. The van der Waals surface area contributed by atoms with Crippen molar-refractivity contribution in [3.05, 3.63) is 17.8 Å². The first kappa shape index (κ1) is 14.0. The van der Waals surface area contributed by atoms with E-state index < -0.39 is 4.32 Å². The number of carbonyl (C=O) groups excluding carboxylic acids is 1. The Morgan fingerprint density at radius 1 is 1.59 bits per heavy atom. The van der Waals surface area contributed by atoms with Crippen LogP contribution < -0.4 is 10.1 Å². The molecule has 0 aromatic carbocycles. The minimum absolute atomic E-state index is 0.108.